The lowest BCUT2D eigenvalue weighted by Crippen LogP contribution is -2.45. The molecule has 1 amide bonds. The first-order chi connectivity index (χ1) is 15.8. The van der Waals surface area contributed by atoms with E-state index in [2.05, 4.69) is 6.07 Å². The lowest BCUT2D eigenvalue weighted by atomic mass is 9.90. The Labute approximate surface area is 206 Å². The van der Waals surface area contributed by atoms with Gasteiger partial charge in [0.25, 0.3) is 5.91 Å². The van der Waals surface area contributed by atoms with E-state index in [-0.39, 0.29) is 12.5 Å². The summed E-state index contributed by atoms with van der Waals surface area (Å²) in [5, 5.41) is 10.4. The maximum atomic E-state index is 13.5. The van der Waals surface area contributed by atoms with Gasteiger partial charge in [0.1, 0.15) is 12.2 Å². The Bertz CT molecular complexity index is 1080. The molecule has 1 N–H and O–H groups in total. The van der Waals surface area contributed by atoms with E-state index in [1.807, 2.05) is 63.2 Å². The van der Waals surface area contributed by atoms with Crippen LogP contribution in [0.5, 0.6) is 0 Å². The Morgan fingerprint density at radius 1 is 1.18 bits per heavy atom. The zero-order valence-electron chi connectivity index (χ0n) is 21.0. The Balaban J connectivity index is 1.96. The molecule has 0 atom stereocenters. The molecule has 0 radical (unpaired) electrons. The second kappa shape index (κ2) is 9.98. The highest BCUT2D eigenvalue weighted by molar-refractivity contribution is 7.94. The molecule has 0 saturated carbocycles. The van der Waals surface area contributed by atoms with Gasteiger partial charge in [-0.1, -0.05) is 6.07 Å². The van der Waals surface area contributed by atoms with Crippen LogP contribution in [-0.2, 0) is 26.7 Å². The third-order valence-electron chi connectivity index (χ3n) is 6.32. The molecule has 1 heterocycles. The van der Waals surface area contributed by atoms with Gasteiger partial charge in [-0.25, -0.2) is 0 Å². The fraction of sp³-hybridized carbons (Fsp3) is 0.462. The summed E-state index contributed by atoms with van der Waals surface area (Å²) in [5.74, 6) is -0.495. The summed E-state index contributed by atoms with van der Waals surface area (Å²) < 4.78 is 11.4. The van der Waals surface area contributed by atoms with Crippen LogP contribution in [0.3, 0.4) is 0 Å². The van der Waals surface area contributed by atoms with Gasteiger partial charge in [-0.05, 0) is 70.0 Å². The van der Waals surface area contributed by atoms with Crippen molar-refractivity contribution in [2.45, 2.75) is 63.7 Å². The van der Waals surface area contributed by atoms with Gasteiger partial charge in [-0.15, -0.1) is 0 Å². The zero-order chi connectivity index (χ0) is 25.3. The second-order valence-corrected chi connectivity index (χ2v) is 10.5. The van der Waals surface area contributed by atoms with E-state index in [0.29, 0.717) is 23.4 Å². The number of hydrogen-bond acceptors (Lipinski definition) is 7. The topological polar surface area (TPSA) is 79.3 Å². The van der Waals surface area contributed by atoms with E-state index in [1.165, 1.54) is 6.92 Å². The molecule has 0 fully saturated rings. The van der Waals surface area contributed by atoms with Gasteiger partial charge in [-0.3, -0.25) is 9.59 Å². The van der Waals surface area contributed by atoms with Crippen molar-refractivity contribution in [3.8, 4) is 0 Å². The van der Waals surface area contributed by atoms with Crippen molar-refractivity contribution in [3.05, 3.63) is 53.1 Å². The number of hydrogen-bond donors (Lipinski definition) is 1. The normalized spacial score (nSPS) is 14.1. The van der Waals surface area contributed by atoms with Gasteiger partial charge in [0.2, 0.25) is 0 Å². The predicted molar refractivity (Wildman–Crippen MR) is 135 cm³/mol. The first-order valence-corrected chi connectivity index (χ1v) is 12.0. The van der Waals surface area contributed by atoms with Gasteiger partial charge in [0.15, 0.2) is 0 Å². The number of carbonyl (C=O) groups is 2. The summed E-state index contributed by atoms with van der Waals surface area (Å²) in [5.41, 5.74) is 2.20. The number of fused-ring (bicyclic) bond motifs is 1. The molecule has 8 heteroatoms. The Hall–Kier alpha value is -2.55. The molecular formula is C26H34N2O5S. The average molecular weight is 487 g/mol. The van der Waals surface area contributed by atoms with Crippen LogP contribution in [-0.4, -0.2) is 48.8 Å². The van der Waals surface area contributed by atoms with Crippen molar-refractivity contribution in [2.24, 2.45) is 0 Å². The number of benzene rings is 2. The van der Waals surface area contributed by atoms with E-state index in [9.17, 15) is 14.7 Å². The molecule has 3 rings (SSSR count). The minimum atomic E-state index is -1.08. The molecule has 0 aromatic heterocycles. The quantitative estimate of drug-likeness (QED) is 0.432. The summed E-state index contributed by atoms with van der Waals surface area (Å²) in [7, 11) is 3.95. The number of nitrogens with zero attached hydrogens (tertiary/aromatic N) is 2. The van der Waals surface area contributed by atoms with Crippen LogP contribution in [0.2, 0.25) is 0 Å². The maximum Gasteiger partial charge on any atom is 0.302 e. The van der Waals surface area contributed by atoms with Crippen molar-refractivity contribution < 1.29 is 23.6 Å². The van der Waals surface area contributed by atoms with Crippen molar-refractivity contribution in [1.82, 2.24) is 0 Å². The van der Waals surface area contributed by atoms with Crippen molar-refractivity contribution in [1.29, 1.82) is 0 Å². The molecule has 7 nitrogen and oxygen atoms in total. The van der Waals surface area contributed by atoms with Gasteiger partial charge >= 0.3 is 5.97 Å². The number of aliphatic hydroxyl groups is 1. The first kappa shape index (κ1) is 26.1. The van der Waals surface area contributed by atoms with Crippen molar-refractivity contribution in [3.63, 3.8) is 0 Å². The van der Waals surface area contributed by atoms with Crippen molar-refractivity contribution in [2.75, 3.05) is 30.4 Å². The number of ether oxygens (including phenoxy) is 1. The highest BCUT2D eigenvalue weighted by Gasteiger charge is 2.37. The molecule has 2 aromatic carbocycles. The zero-order valence-corrected chi connectivity index (χ0v) is 21.8. The molecule has 0 saturated heterocycles. The lowest BCUT2D eigenvalue weighted by molar-refractivity contribution is -0.142. The molecule has 1 aliphatic heterocycles. The molecule has 0 spiro atoms. The lowest BCUT2D eigenvalue weighted by Gasteiger charge is -2.36. The summed E-state index contributed by atoms with van der Waals surface area (Å²) in [6.07, 6.45) is 0.718. The summed E-state index contributed by atoms with van der Waals surface area (Å²) >= 11 is 1.11. The smallest absolute Gasteiger partial charge is 0.302 e. The van der Waals surface area contributed by atoms with Crippen LogP contribution in [0.15, 0.2) is 41.3 Å². The average Bonchev–Trinajstić information content (AvgIpc) is 2.75. The Morgan fingerprint density at radius 3 is 2.50 bits per heavy atom. The molecule has 1 aliphatic rings. The van der Waals surface area contributed by atoms with E-state index < -0.39 is 17.2 Å². The molecule has 184 valence electrons. The Morgan fingerprint density at radius 2 is 1.88 bits per heavy atom. The van der Waals surface area contributed by atoms with Gasteiger partial charge < -0.3 is 23.8 Å². The van der Waals surface area contributed by atoms with Crippen LogP contribution in [0.1, 0.15) is 56.1 Å². The van der Waals surface area contributed by atoms with E-state index in [0.717, 1.165) is 34.6 Å². The minimum Gasteiger partial charge on any atom is -0.461 e. The number of anilines is 2. The van der Waals surface area contributed by atoms with Crippen molar-refractivity contribution >= 4 is 35.3 Å². The first-order valence-electron chi connectivity index (χ1n) is 11.3. The monoisotopic (exact) mass is 486 g/mol. The van der Waals surface area contributed by atoms with Gasteiger partial charge in [0.05, 0.1) is 11.3 Å². The molecule has 2 aromatic rings. The van der Waals surface area contributed by atoms with Crippen LogP contribution < -0.4 is 9.80 Å². The number of esters is 1. The maximum absolute atomic E-state index is 13.5. The van der Waals surface area contributed by atoms with Crippen LogP contribution in [0.25, 0.3) is 0 Å². The SMILES string of the molecule is CC(=O)OCc1c(SOC(C)(C)C(C)(C)O)cccc1N1CCc2cc(N(C)C)ccc2C1=O. The highest BCUT2D eigenvalue weighted by atomic mass is 32.2. The number of carbonyl (C=O) groups excluding carboxylic acids is 2. The Kier molecular flexibility index (Phi) is 7.65. The largest absolute Gasteiger partial charge is 0.461 e. The fourth-order valence-electron chi connectivity index (χ4n) is 3.44. The third-order valence-corrected chi connectivity index (χ3v) is 7.38. The molecule has 0 bridgehead atoms. The molecule has 0 unspecified atom stereocenters. The van der Waals surface area contributed by atoms with E-state index in [1.54, 1.807) is 18.7 Å². The summed E-state index contributed by atoms with van der Waals surface area (Å²) in [6, 6.07) is 11.5. The van der Waals surface area contributed by atoms with Gasteiger partial charge in [-0.2, -0.15) is 0 Å². The summed E-state index contributed by atoms with van der Waals surface area (Å²) in [6.45, 7) is 8.88. The van der Waals surface area contributed by atoms with Crippen LogP contribution >= 0.6 is 12.0 Å². The van der Waals surface area contributed by atoms with Crippen LogP contribution in [0, 0.1) is 0 Å². The second-order valence-electron chi connectivity index (χ2n) is 9.71. The van der Waals surface area contributed by atoms with Crippen LogP contribution in [0.4, 0.5) is 11.4 Å². The van der Waals surface area contributed by atoms with E-state index >= 15 is 0 Å². The standard InChI is InChI=1S/C26H34N2O5S/c1-17(29)32-16-21-22(9-8-10-23(21)34-33-26(4,5)25(2,3)31)28-14-13-18-15-19(27(6)7)11-12-20(18)24(28)30/h8-12,15,31H,13-14,16H2,1-7H3. The predicted octanol–water partition coefficient (Wildman–Crippen LogP) is 4.59. The minimum absolute atomic E-state index is 0.0103. The molecule has 0 aliphatic carbocycles. The van der Waals surface area contributed by atoms with E-state index in [4.69, 9.17) is 8.92 Å². The summed E-state index contributed by atoms with van der Waals surface area (Å²) in [4.78, 5) is 29.6. The van der Waals surface area contributed by atoms with Gasteiger partial charge in [0, 0.05) is 61.3 Å². The third kappa shape index (κ3) is 5.56. The molecule has 34 heavy (non-hydrogen) atoms. The molecular weight excluding hydrogens is 452 g/mol. The number of amides is 1. The fourth-order valence-corrected chi connectivity index (χ4v) is 4.34. The number of rotatable bonds is 8. The highest BCUT2D eigenvalue weighted by Crippen LogP contribution is 2.39.